The van der Waals surface area contributed by atoms with Gasteiger partial charge in [-0.1, -0.05) is 6.07 Å². The molecule has 1 aliphatic heterocycles. The van der Waals surface area contributed by atoms with Crippen molar-refractivity contribution in [1.82, 2.24) is 19.4 Å². The third kappa shape index (κ3) is 2.95. The zero-order valence-electron chi connectivity index (χ0n) is 14.0. The summed E-state index contributed by atoms with van der Waals surface area (Å²) in [6, 6.07) is 4.65. The Balaban J connectivity index is 1.79. The van der Waals surface area contributed by atoms with Crippen molar-refractivity contribution in [2.24, 2.45) is 7.05 Å². The lowest BCUT2D eigenvalue weighted by Gasteiger charge is -2.48. The van der Waals surface area contributed by atoms with E-state index in [1.807, 2.05) is 6.92 Å². The summed E-state index contributed by atoms with van der Waals surface area (Å²) in [5.41, 5.74) is -0.164. The number of sulfonamides is 1. The maximum Gasteiger partial charge on any atom is 0.275 e. The van der Waals surface area contributed by atoms with Crippen LogP contribution >= 0.6 is 11.3 Å². The quantitative estimate of drug-likeness (QED) is 0.847. The molecule has 2 amide bonds. The maximum absolute atomic E-state index is 12.6. The Bertz CT molecular complexity index is 913. The number of aromatic nitrogens is 2. The number of likely N-dealkylation sites (tertiary alicyclic amines) is 1. The van der Waals surface area contributed by atoms with Gasteiger partial charge in [-0.25, -0.2) is 13.1 Å². The Morgan fingerprint density at radius 3 is 2.60 bits per heavy atom. The molecule has 3 rings (SSSR count). The summed E-state index contributed by atoms with van der Waals surface area (Å²) in [4.78, 5) is 26.6. The van der Waals surface area contributed by atoms with Gasteiger partial charge < -0.3 is 4.90 Å². The summed E-state index contributed by atoms with van der Waals surface area (Å²) in [6.07, 6.45) is 0.385. The van der Waals surface area contributed by atoms with E-state index in [4.69, 9.17) is 0 Å². The van der Waals surface area contributed by atoms with Crippen LogP contribution in [0.4, 0.5) is 0 Å². The Kier molecular flexibility index (Phi) is 4.20. The number of hydrogen-bond donors (Lipinski definition) is 1. The van der Waals surface area contributed by atoms with Gasteiger partial charge in [-0.3, -0.25) is 14.3 Å². The topological polar surface area (TPSA) is 101 Å². The van der Waals surface area contributed by atoms with Crippen molar-refractivity contribution in [3.63, 3.8) is 0 Å². The highest BCUT2D eigenvalue weighted by molar-refractivity contribution is 7.92. The van der Waals surface area contributed by atoms with E-state index in [-0.39, 0.29) is 15.8 Å². The molecule has 0 spiro atoms. The number of thiophene rings is 1. The average Bonchev–Trinajstić information content (AvgIpc) is 3.16. The van der Waals surface area contributed by atoms with E-state index in [0.717, 1.165) is 17.0 Å². The zero-order valence-corrected chi connectivity index (χ0v) is 15.6. The fourth-order valence-corrected chi connectivity index (χ4v) is 4.69. The highest BCUT2D eigenvalue weighted by Crippen LogP contribution is 2.32. The molecule has 1 saturated heterocycles. The van der Waals surface area contributed by atoms with Crippen LogP contribution in [0.2, 0.25) is 0 Å². The molecule has 25 heavy (non-hydrogen) atoms. The molecule has 0 bridgehead atoms. The van der Waals surface area contributed by atoms with Crippen molar-refractivity contribution in [2.45, 2.75) is 30.0 Å². The van der Waals surface area contributed by atoms with Crippen molar-refractivity contribution in [1.29, 1.82) is 0 Å². The van der Waals surface area contributed by atoms with Crippen LogP contribution in [0.25, 0.3) is 0 Å². The molecule has 3 heterocycles. The van der Waals surface area contributed by atoms with Gasteiger partial charge >= 0.3 is 0 Å². The lowest BCUT2D eigenvalue weighted by Crippen LogP contribution is -2.67. The fourth-order valence-electron chi connectivity index (χ4n) is 2.62. The van der Waals surface area contributed by atoms with Crippen molar-refractivity contribution < 1.29 is 18.0 Å². The SMILES string of the molecule is Cc1cc(C(=O)N2CCC2(C)C(=O)NS(=O)(=O)c2cccs2)nn1C. The molecule has 0 aliphatic carbocycles. The van der Waals surface area contributed by atoms with E-state index in [9.17, 15) is 18.0 Å². The van der Waals surface area contributed by atoms with Gasteiger partial charge in [-0.05, 0) is 37.8 Å². The van der Waals surface area contributed by atoms with Crippen LogP contribution in [0.5, 0.6) is 0 Å². The summed E-state index contributed by atoms with van der Waals surface area (Å²) in [6.45, 7) is 3.75. The maximum atomic E-state index is 12.6. The van der Waals surface area contributed by atoms with E-state index < -0.39 is 21.5 Å². The fraction of sp³-hybridized carbons (Fsp3) is 0.400. The minimum absolute atomic E-state index is 0.0574. The van der Waals surface area contributed by atoms with Crippen LogP contribution < -0.4 is 4.72 Å². The van der Waals surface area contributed by atoms with E-state index in [2.05, 4.69) is 9.82 Å². The molecular weight excluding hydrogens is 364 g/mol. The largest absolute Gasteiger partial charge is 0.323 e. The monoisotopic (exact) mass is 382 g/mol. The average molecular weight is 382 g/mol. The smallest absolute Gasteiger partial charge is 0.275 e. The third-order valence-electron chi connectivity index (χ3n) is 4.47. The summed E-state index contributed by atoms with van der Waals surface area (Å²) in [5, 5.41) is 5.74. The van der Waals surface area contributed by atoms with Gasteiger partial charge in [0.15, 0.2) is 5.69 Å². The van der Waals surface area contributed by atoms with E-state index >= 15 is 0 Å². The lowest BCUT2D eigenvalue weighted by atomic mass is 9.85. The molecule has 0 saturated carbocycles. The highest BCUT2D eigenvalue weighted by atomic mass is 32.2. The molecule has 0 radical (unpaired) electrons. The molecule has 10 heteroatoms. The number of hydrogen-bond acceptors (Lipinski definition) is 6. The third-order valence-corrected chi connectivity index (χ3v) is 7.20. The number of nitrogens with one attached hydrogen (secondary N) is 1. The standard InChI is InChI=1S/C15H18N4O4S2/c1-10-9-11(16-18(10)3)13(20)19-7-6-15(19,2)14(21)17-25(22,23)12-5-4-8-24-12/h4-5,8-9H,6-7H2,1-3H3,(H,17,21). The Morgan fingerprint density at radius 1 is 1.40 bits per heavy atom. The first-order valence-electron chi connectivity index (χ1n) is 7.58. The molecule has 8 nitrogen and oxygen atoms in total. The molecule has 1 aliphatic rings. The van der Waals surface area contributed by atoms with Crippen LogP contribution in [0, 0.1) is 6.92 Å². The molecule has 1 atom stereocenters. The van der Waals surface area contributed by atoms with E-state index in [1.54, 1.807) is 36.2 Å². The van der Waals surface area contributed by atoms with Crippen LogP contribution in [0.1, 0.15) is 29.5 Å². The normalized spacial score (nSPS) is 20.2. The van der Waals surface area contributed by atoms with E-state index in [1.165, 1.54) is 11.0 Å². The first-order chi connectivity index (χ1) is 11.6. The van der Waals surface area contributed by atoms with Crippen molar-refractivity contribution in [3.8, 4) is 0 Å². The van der Waals surface area contributed by atoms with Crippen molar-refractivity contribution in [2.75, 3.05) is 6.54 Å². The van der Waals surface area contributed by atoms with Crippen LogP contribution in [0.15, 0.2) is 27.8 Å². The van der Waals surface area contributed by atoms with Gasteiger partial charge in [0, 0.05) is 19.3 Å². The van der Waals surface area contributed by atoms with Crippen molar-refractivity contribution in [3.05, 3.63) is 35.0 Å². The molecule has 2 aromatic heterocycles. The van der Waals surface area contributed by atoms with Gasteiger partial charge in [-0.2, -0.15) is 5.10 Å². The molecule has 1 N–H and O–H groups in total. The number of nitrogens with zero attached hydrogens (tertiary/aromatic N) is 3. The minimum Gasteiger partial charge on any atom is -0.323 e. The van der Waals surface area contributed by atoms with Crippen LogP contribution in [-0.4, -0.2) is 47.0 Å². The predicted octanol–water partition coefficient (Wildman–Crippen LogP) is 0.900. The van der Waals surface area contributed by atoms with Gasteiger partial charge in [0.25, 0.3) is 21.8 Å². The molecule has 134 valence electrons. The highest BCUT2D eigenvalue weighted by Gasteiger charge is 2.51. The number of rotatable bonds is 4. The van der Waals surface area contributed by atoms with Crippen LogP contribution in [-0.2, 0) is 21.9 Å². The molecular formula is C15H18N4O4S2. The van der Waals surface area contributed by atoms with Crippen molar-refractivity contribution >= 4 is 33.2 Å². The summed E-state index contributed by atoms with van der Waals surface area (Å²) < 4.78 is 28.2. The van der Waals surface area contributed by atoms with Gasteiger partial charge in [-0.15, -0.1) is 11.3 Å². The molecule has 0 aromatic carbocycles. The Labute approximate surface area is 149 Å². The predicted molar refractivity (Wildman–Crippen MR) is 91.7 cm³/mol. The number of carbonyl (C=O) groups excluding carboxylic acids is 2. The molecule has 1 unspecified atom stereocenters. The number of amides is 2. The van der Waals surface area contributed by atoms with E-state index in [0.29, 0.717) is 13.0 Å². The molecule has 1 fully saturated rings. The van der Waals surface area contributed by atoms with Gasteiger partial charge in [0.2, 0.25) is 0 Å². The number of carbonyl (C=O) groups is 2. The summed E-state index contributed by atoms with van der Waals surface area (Å²) >= 11 is 1.02. The number of aryl methyl sites for hydroxylation is 2. The second-order valence-corrected chi connectivity index (χ2v) is 9.00. The first-order valence-corrected chi connectivity index (χ1v) is 9.95. The Morgan fingerprint density at radius 2 is 2.12 bits per heavy atom. The van der Waals surface area contributed by atoms with Gasteiger partial charge in [0.05, 0.1) is 0 Å². The Hall–Kier alpha value is -2.20. The second-order valence-electron chi connectivity index (χ2n) is 6.14. The second kappa shape index (κ2) is 5.95. The molecule has 2 aromatic rings. The lowest BCUT2D eigenvalue weighted by molar-refractivity contribution is -0.135. The van der Waals surface area contributed by atoms with Gasteiger partial charge in [0.1, 0.15) is 9.75 Å². The summed E-state index contributed by atoms with van der Waals surface area (Å²) in [5.74, 6) is -1.10. The minimum atomic E-state index is -3.93. The van der Waals surface area contributed by atoms with Crippen LogP contribution in [0.3, 0.4) is 0 Å². The zero-order chi connectivity index (χ0) is 18.4. The summed E-state index contributed by atoms with van der Waals surface area (Å²) in [7, 11) is -2.21. The first kappa shape index (κ1) is 17.6.